The van der Waals surface area contributed by atoms with E-state index in [4.69, 9.17) is 10.5 Å². The summed E-state index contributed by atoms with van der Waals surface area (Å²) in [5.41, 5.74) is 6.43. The lowest BCUT2D eigenvalue weighted by Gasteiger charge is -2.37. The molecule has 4 nitrogen and oxygen atoms in total. The van der Waals surface area contributed by atoms with E-state index in [1.54, 1.807) is 0 Å². The second-order valence-electron chi connectivity index (χ2n) is 5.94. The molecule has 2 rings (SSSR count). The van der Waals surface area contributed by atoms with Crippen molar-refractivity contribution in [3.05, 3.63) is 29.8 Å². The second kappa shape index (κ2) is 7.14. The molecule has 0 spiro atoms. The third kappa shape index (κ3) is 4.35. The van der Waals surface area contributed by atoms with Gasteiger partial charge in [0, 0.05) is 0 Å². The number of nitrogens with two attached hydrogens (primary N) is 1. The van der Waals surface area contributed by atoms with Crippen LogP contribution in [0.1, 0.15) is 51.6 Å². The van der Waals surface area contributed by atoms with Crippen molar-refractivity contribution >= 4 is 18.3 Å². The van der Waals surface area contributed by atoms with Gasteiger partial charge in [-0.1, -0.05) is 12.1 Å². The van der Waals surface area contributed by atoms with Gasteiger partial charge in [-0.05, 0) is 57.7 Å². The Balaban J connectivity index is 0.00000220. The number of carbonyl (C=O) groups is 1. The first kappa shape index (κ1) is 17.8. The van der Waals surface area contributed by atoms with Crippen molar-refractivity contribution in [2.75, 3.05) is 0 Å². The lowest BCUT2D eigenvalue weighted by molar-refractivity contribution is -0.129. The zero-order valence-electron chi connectivity index (χ0n) is 12.9. The van der Waals surface area contributed by atoms with Gasteiger partial charge in [0.25, 0.3) is 0 Å². The fourth-order valence-electron chi connectivity index (χ4n) is 2.32. The molecule has 3 N–H and O–H groups in total. The van der Waals surface area contributed by atoms with Crippen LogP contribution in [0.15, 0.2) is 24.3 Å². The number of benzene rings is 1. The molecule has 1 unspecified atom stereocenters. The summed E-state index contributed by atoms with van der Waals surface area (Å²) in [6.45, 7) is 5.96. The lowest BCUT2D eigenvalue weighted by atomic mass is 9.77. The van der Waals surface area contributed by atoms with Gasteiger partial charge in [0.05, 0.1) is 17.7 Å². The maximum Gasteiger partial charge on any atom is 0.240 e. The van der Waals surface area contributed by atoms with Gasteiger partial charge >= 0.3 is 0 Å². The van der Waals surface area contributed by atoms with Crippen LogP contribution in [-0.2, 0) is 4.79 Å². The highest BCUT2D eigenvalue weighted by Gasteiger charge is 2.40. The summed E-state index contributed by atoms with van der Waals surface area (Å²) >= 11 is 0. The second-order valence-corrected chi connectivity index (χ2v) is 5.94. The zero-order valence-corrected chi connectivity index (χ0v) is 13.7. The fourth-order valence-corrected chi connectivity index (χ4v) is 2.32. The number of rotatable bonds is 5. The van der Waals surface area contributed by atoms with Crippen molar-refractivity contribution in [1.82, 2.24) is 5.32 Å². The first-order chi connectivity index (χ1) is 9.40. The van der Waals surface area contributed by atoms with E-state index in [1.807, 2.05) is 45.0 Å². The molecule has 0 heterocycles. The van der Waals surface area contributed by atoms with Crippen LogP contribution in [-0.4, -0.2) is 17.6 Å². The average molecular weight is 313 g/mol. The average Bonchev–Trinajstić information content (AvgIpc) is 2.35. The van der Waals surface area contributed by atoms with Crippen molar-refractivity contribution in [2.45, 2.75) is 57.7 Å². The molecule has 0 bridgehead atoms. The van der Waals surface area contributed by atoms with E-state index < -0.39 is 5.54 Å². The summed E-state index contributed by atoms with van der Waals surface area (Å²) < 4.78 is 5.60. The van der Waals surface area contributed by atoms with Crippen molar-refractivity contribution in [2.24, 2.45) is 5.73 Å². The number of amides is 1. The van der Waals surface area contributed by atoms with Crippen molar-refractivity contribution < 1.29 is 9.53 Å². The molecule has 1 saturated carbocycles. The Morgan fingerprint density at radius 2 is 1.81 bits per heavy atom. The van der Waals surface area contributed by atoms with Crippen molar-refractivity contribution in [3.8, 4) is 5.75 Å². The molecule has 1 fully saturated rings. The normalized spacial score (nSPS) is 17.4. The molecule has 0 radical (unpaired) electrons. The molecule has 1 aliphatic rings. The summed E-state index contributed by atoms with van der Waals surface area (Å²) in [4.78, 5) is 12.1. The predicted molar refractivity (Wildman–Crippen MR) is 86.8 cm³/mol. The van der Waals surface area contributed by atoms with E-state index in [-0.39, 0.29) is 30.5 Å². The molecule has 1 aromatic rings. The minimum Gasteiger partial charge on any atom is -0.491 e. The number of ether oxygens (including phenoxy) is 1. The van der Waals surface area contributed by atoms with E-state index in [9.17, 15) is 4.79 Å². The van der Waals surface area contributed by atoms with Crippen LogP contribution < -0.4 is 15.8 Å². The van der Waals surface area contributed by atoms with E-state index in [1.165, 1.54) is 0 Å². The highest BCUT2D eigenvalue weighted by Crippen LogP contribution is 2.30. The van der Waals surface area contributed by atoms with Crippen molar-refractivity contribution in [1.29, 1.82) is 0 Å². The number of nitrogens with one attached hydrogen (secondary N) is 1. The molecule has 1 amide bonds. The number of halogens is 1. The smallest absolute Gasteiger partial charge is 0.240 e. The Morgan fingerprint density at radius 3 is 2.24 bits per heavy atom. The Bertz CT molecular complexity index is 470. The summed E-state index contributed by atoms with van der Waals surface area (Å²) in [5, 5.41) is 2.99. The maximum atomic E-state index is 12.1. The molecular weight excluding hydrogens is 288 g/mol. The Morgan fingerprint density at radius 1 is 1.24 bits per heavy atom. The van der Waals surface area contributed by atoms with Crippen LogP contribution in [0.2, 0.25) is 0 Å². The van der Waals surface area contributed by atoms with E-state index in [0.29, 0.717) is 0 Å². The standard InChI is InChI=1S/C16H24N2O2.ClH/c1-11(2)20-14-7-5-13(6-8-14)12(3)18-15(19)16(17)9-4-10-16;/h5-8,11-12H,4,9-10,17H2,1-3H3,(H,18,19);1H. The van der Waals surface area contributed by atoms with Crippen LogP contribution in [0, 0.1) is 0 Å². The molecule has 0 aromatic heterocycles. The third-order valence-corrected chi connectivity index (χ3v) is 3.80. The van der Waals surface area contributed by atoms with Gasteiger partial charge in [-0.3, -0.25) is 4.79 Å². The highest BCUT2D eigenvalue weighted by molar-refractivity contribution is 5.87. The van der Waals surface area contributed by atoms with Gasteiger partial charge in [-0.2, -0.15) is 0 Å². The van der Waals surface area contributed by atoms with Gasteiger partial charge in [0.15, 0.2) is 0 Å². The van der Waals surface area contributed by atoms with Crippen LogP contribution in [0.4, 0.5) is 0 Å². The van der Waals surface area contributed by atoms with Gasteiger partial charge in [-0.15, -0.1) is 12.4 Å². The molecule has 0 aliphatic heterocycles. The molecular formula is C16H25ClN2O2. The maximum absolute atomic E-state index is 12.1. The van der Waals surface area contributed by atoms with Crippen LogP contribution >= 0.6 is 12.4 Å². The van der Waals surface area contributed by atoms with E-state index in [0.717, 1.165) is 30.6 Å². The molecule has 21 heavy (non-hydrogen) atoms. The van der Waals surface area contributed by atoms with Crippen molar-refractivity contribution in [3.63, 3.8) is 0 Å². The topological polar surface area (TPSA) is 64.3 Å². The Kier molecular flexibility index (Phi) is 6.05. The van der Waals surface area contributed by atoms with Gasteiger partial charge in [0.2, 0.25) is 5.91 Å². The van der Waals surface area contributed by atoms with Crippen LogP contribution in [0.5, 0.6) is 5.75 Å². The molecule has 1 aliphatic carbocycles. The monoisotopic (exact) mass is 312 g/mol. The first-order valence-electron chi connectivity index (χ1n) is 7.27. The van der Waals surface area contributed by atoms with Crippen LogP contribution in [0.3, 0.4) is 0 Å². The van der Waals surface area contributed by atoms with Gasteiger partial charge < -0.3 is 15.8 Å². The van der Waals surface area contributed by atoms with Gasteiger partial charge in [0.1, 0.15) is 5.75 Å². The molecule has 0 saturated heterocycles. The Hall–Kier alpha value is -1.26. The Labute approximate surface area is 132 Å². The van der Waals surface area contributed by atoms with E-state index in [2.05, 4.69) is 5.32 Å². The molecule has 1 aromatic carbocycles. The SMILES string of the molecule is CC(C)Oc1ccc(C(C)NC(=O)C2(N)CCC2)cc1.Cl. The number of carbonyl (C=O) groups excluding carboxylic acids is 1. The minimum atomic E-state index is -0.644. The quantitative estimate of drug-likeness (QED) is 0.878. The fraction of sp³-hybridized carbons (Fsp3) is 0.562. The zero-order chi connectivity index (χ0) is 14.8. The predicted octanol–water partition coefficient (Wildman–Crippen LogP) is 2.95. The van der Waals surface area contributed by atoms with Crippen LogP contribution in [0.25, 0.3) is 0 Å². The molecule has 118 valence electrons. The lowest BCUT2D eigenvalue weighted by Crippen LogP contribution is -2.58. The first-order valence-corrected chi connectivity index (χ1v) is 7.27. The number of hydrogen-bond acceptors (Lipinski definition) is 3. The largest absolute Gasteiger partial charge is 0.491 e. The number of hydrogen-bond donors (Lipinski definition) is 2. The van der Waals surface area contributed by atoms with Gasteiger partial charge in [-0.25, -0.2) is 0 Å². The van der Waals surface area contributed by atoms with E-state index >= 15 is 0 Å². The minimum absolute atomic E-state index is 0. The summed E-state index contributed by atoms with van der Waals surface area (Å²) in [7, 11) is 0. The highest BCUT2D eigenvalue weighted by atomic mass is 35.5. The third-order valence-electron chi connectivity index (χ3n) is 3.80. The summed E-state index contributed by atoms with van der Waals surface area (Å²) in [5.74, 6) is 0.801. The summed E-state index contributed by atoms with van der Waals surface area (Å²) in [6.07, 6.45) is 2.77. The molecule has 1 atom stereocenters. The summed E-state index contributed by atoms with van der Waals surface area (Å²) in [6, 6.07) is 7.77. The molecule has 5 heteroatoms.